The number of aliphatic hydroxyl groups is 1. The topological polar surface area (TPSA) is 54.2 Å². The number of benzene rings is 1. The van der Waals surface area contributed by atoms with Gasteiger partial charge in [-0.15, -0.1) is 5.10 Å². The van der Waals surface area contributed by atoms with Crippen LogP contribution in [0.4, 0.5) is 0 Å². The Hall–Kier alpha value is -1.14. The Bertz CT molecular complexity index is 588. The Morgan fingerprint density at radius 1 is 1.24 bits per heavy atom. The fourth-order valence-corrected chi connectivity index (χ4v) is 2.41. The standard InChI is InChI=1S/C14H18Cl2N4O/c1-19-12(8-17-18-19)10-20(5-2-6-21)9-11-3-4-13(15)14(16)7-11/h3-4,7-8,21H,2,5-6,9-10H2,1H3. The molecule has 0 atom stereocenters. The van der Waals surface area contributed by atoms with E-state index in [0.717, 1.165) is 24.3 Å². The van der Waals surface area contributed by atoms with Crippen molar-refractivity contribution in [3.05, 3.63) is 45.7 Å². The van der Waals surface area contributed by atoms with Gasteiger partial charge in [0.25, 0.3) is 0 Å². The lowest BCUT2D eigenvalue weighted by Crippen LogP contribution is -2.25. The maximum Gasteiger partial charge on any atom is 0.0738 e. The molecule has 0 aliphatic heterocycles. The number of hydrogen-bond donors (Lipinski definition) is 1. The summed E-state index contributed by atoms with van der Waals surface area (Å²) >= 11 is 12.0. The van der Waals surface area contributed by atoms with Crippen molar-refractivity contribution in [2.45, 2.75) is 19.5 Å². The molecule has 2 aromatic rings. The molecule has 7 heteroatoms. The van der Waals surface area contributed by atoms with Gasteiger partial charge in [0.1, 0.15) is 0 Å². The van der Waals surface area contributed by atoms with Gasteiger partial charge in [-0.1, -0.05) is 34.5 Å². The van der Waals surface area contributed by atoms with E-state index in [4.69, 9.17) is 28.3 Å². The van der Waals surface area contributed by atoms with Crippen LogP contribution in [0, 0.1) is 0 Å². The predicted molar refractivity (Wildman–Crippen MR) is 83.3 cm³/mol. The van der Waals surface area contributed by atoms with Crippen LogP contribution in [0.3, 0.4) is 0 Å². The van der Waals surface area contributed by atoms with E-state index < -0.39 is 0 Å². The third-order valence-corrected chi connectivity index (χ3v) is 3.96. The lowest BCUT2D eigenvalue weighted by atomic mass is 10.2. The molecular formula is C14H18Cl2N4O. The minimum absolute atomic E-state index is 0.168. The number of aromatic nitrogens is 3. The molecule has 0 saturated carbocycles. The van der Waals surface area contributed by atoms with Crippen molar-refractivity contribution >= 4 is 23.2 Å². The highest BCUT2D eigenvalue weighted by molar-refractivity contribution is 6.42. The third kappa shape index (κ3) is 4.68. The molecule has 5 nitrogen and oxygen atoms in total. The summed E-state index contributed by atoms with van der Waals surface area (Å²) in [5.74, 6) is 0. The van der Waals surface area contributed by atoms with Crippen molar-refractivity contribution in [3.63, 3.8) is 0 Å². The van der Waals surface area contributed by atoms with E-state index in [9.17, 15) is 0 Å². The van der Waals surface area contributed by atoms with Crippen molar-refractivity contribution in [1.29, 1.82) is 0 Å². The van der Waals surface area contributed by atoms with Crippen LogP contribution in [0.5, 0.6) is 0 Å². The maximum absolute atomic E-state index is 9.05. The van der Waals surface area contributed by atoms with E-state index in [2.05, 4.69) is 15.2 Å². The van der Waals surface area contributed by atoms with Crippen molar-refractivity contribution in [2.75, 3.05) is 13.2 Å². The normalized spacial score (nSPS) is 11.3. The Labute approximate surface area is 134 Å². The molecular weight excluding hydrogens is 311 g/mol. The van der Waals surface area contributed by atoms with E-state index in [1.54, 1.807) is 16.9 Å². The summed E-state index contributed by atoms with van der Waals surface area (Å²) in [4.78, 5) is 2.22. The second-order valence-electron chi connectivity index (χ2n) is 4.89. The monoisotopic (exact) mass is 328 g/mol. The first-order chi connectivity index (χ1) is 10.1. The first-order valence-electron chi connectivity index (χ1n) is 6.71. The molecule has 1 aromatic heterocycles. The van der Waals surface area contributed by atoms with Crippen molar-refractivity contribution in [1.82, 2.24) is 19.9 Å². The number of hydrogen-bond acceptors (Lipinski definition) is 4. The van der Waals surface area contributed by atoms with Gasteiger partial charge in [0.15, 0.2) is 0 Å². The van der Waals surface area contributed by atoms with Gasteiger partial charge in [-0.25, -0.2) is 0 Å². The van der Waals surface area contributed by atoms with Crippen LogP contribution in [0.1, 0.15) is 17.7 Å². The fraction of sp³-hybridized carbons (Fsp3) is 0.429. The highest BCUT2D eigenvalue weighted by atomic mass is 35.5. The molecule has 0 unspecified atom stereocenters. The number of rotatable bonds is 7. The van der Waals surface area contributed by atoms with Gasteiger partial charge < -0.3 is 5.11 Å². The Morgan fingerprint density at radius 3 is 2.67 bits per heavy atom. The van der Waals surface area contributed by atoms with Crippen LogP contribution in [-0.2, 0) is 20.1 Å². The largest absolute Gasteiger partial charge is 0.396 e. The van der Waals surface area contributed by atoms with E-state index in [0.29, 0.717) is 23.0 Å². The Kier molecular flexibility index (Phi) is 5.99. The molecule has 0 fully saturated rings. The lowest BCUT2D eigenvalue weighted by Gasteiger charge is -2.22. The number of aryl methyl sites for hydroxylation is 1. The molecule has 0 aliphatic carbocycles. The maximum atomic E-state index is 9.05. The quantitative estimate of drug-likeness (QED) is 0.848. The van der Waals surface area contributed by atoms with Gasteiger partial charge in [-0.3, -0.25) is 9.58 Å². The summed E-state index contributed by atoms with van der Waals surface area (Å²) in [7, 11) is 1.87. The van der Waals surface area contributed by atoms with Crippen molar-refractivity contribution < 1.29 is 5.11 Å². The van der Waals surface area contributed by atoms with Crippen LogP contribution < -0.4 is 0 Å². The summed E-state index contributed by atoms with van der Waals surface area (Å²) in [6.07, 6.45) is 2.47. The molecule has 0 aliphatic rings. The Morgan fingerprint density at radius 2 is 2.05 bits per heavy atom. The summed E-state index contributed by atoms with van der Waals surface area (Å²) in [5.41, 5.74) is 2.10. The van der Waals surface area contributed by atoms with Gasteiger partial charge in [0.2, 0.25) is 0 Å². The minimum atomic E-state index is 0.168. The minimum Gasteiger partial charge on any atom is -0.396 e. The van der Waals surface area contributed by atoms with Crippen LogP contribution in [0.25, 0.3) is 0 Å². The van der Waals surface area contributed by atoms with Crippen LogP contribution in [-0.4, -0.2) is 38.2 Å². The zero-order valence-corrected chi connectivity index (χ0v) is 13.3. The molecule has 2 rings (SSSR count). The summed E-state index contributed by atoms with van der Waals surface area (Å²) in [6, 6.07) is 5.63. The van der Waals surface area contributed by atoms with E-state index in [1.807, 2.05) is 19.2 Å². The summed E-state index contributed by atoms with van der Waals surface area (Å²) in [6.45, 7) is 2.38. The molecule has 21 heavy (non-hydrogen) atoms. The first-order valence-corrected chi connectivity index (χ1v) is 7.46. The molecule has 0 spiro atoms. The summed E-state index contributed by atoms with van der Waals surface area (Å²) < 4.78 is 1.75. The van der Waals surface area contributed by atoms with Crippen LogP contribution >= 0.6 is 23.2 Å². The zero-order valence-electron chi connectivity index (χ0n) is 11.8. The first kappa shape index (κ1) is 16.2. The number of aliphatic hydroxyl groups excluding tert-OH is 1. The van der Waals surface area contributed by atoms with E-state index in [-0.39, 0.29) is 6.61 Å². The second-order valence-corrected chi connectivity index (χ2v) is 5.70. The van der Waals surface area contributed by atoms with Crippen LogP contribution in [0.15, 0.2) is 24.4 Å². The molecule has 114 valence electrons. The third-order valence-electron chi connectivity index (χ3n) is 3.22. The summed E-state index contributed by atoms with van der Waals surface area (Å²) in [5, 5.41) is 18.0. The van der Waals surface area contributed by atoms with Crippen molar-refractivity contribution in [3.8, 4) is 0 Å². The fourth-order valence-electron chi connectivity index (χ4n) is 2.09. The molecule has 1 N–H and O–H groups in total. The zero-order chi connectivity index (χ0) is 15.2. The van der Waals surface area contributed by atoms with E-state index in [1.165, 1.54) is 0 Å². The smallest absolute Gasteiger partial charge is 0.0738 e. The van der Waals surface area contributed by atoms with Gasteiger partial charge in [0, 0.05) is 33.3 Å². The highest BCUT2D eigenvalue weighted by Gasteiger charge is 2.11. The molecule has 1 heterocycles. The lowest BCUT2D eigenvalue weighted by molar-refractivity contribution is 0.209. The molecule has 0 bridgehead atoms. The van der Waals surface area contributed by atoms with Crippen molar-refractivity contribution in [2.24, 2.45) is 7.05 Å². The second kappa shape index (κ2) is 7.75. The van der Waals surface area contributed by atoms with Gasteiger partial charge in [-0.05, 0) is 24.1 Å². The van der Waals surface area contributed by atoms with Crippen LogP contribution in [0.2, 0.25) is 10.0 Å². The molecule has 0 amide bonds. The van der Waals surface area contributed by atoms with Gasteiger partial charge >= 0.3 is 0 Å². The van der Waals surface area contributed by atoms with Gasteiger partial charge in [-0.2, -0.15) is 0 Å². The predicted octanol–water partition coefficient (Wildman–Crippen LogP) is 2.51. The average Bonchev–Trinajstić information content (AvgIpc) is 2.85. The number of halogens is 2. The van der Waals surface area contributed by atoms with Gasteiger partial charge in [0.05, 0.1) is 21.9 Å². The number of nitrogens with zero attached hydrogens (tertiary/aromatic N) is 4. The Balaban J connectivity index is 2.08. The average molecular weight is 329 g/mol. The molecule has 0 saturated heterocycles. The highest BCUT2D eigenvalue weighted by Crippen LogP contribution is 2.23. The molecule has 0 radical (unpaired) electrons. The van der Waals surface area contributed by atoms with E-state index >= 15 is 0 Å². The SMILES string of the molecule is Cn1nncc1CN(CCCO)Cc1ccc(Cl)c(Cl)c1. The molecule has 1 aromatic carbocycles.